The number of carboxylic acid groups (broad SMARTS) is 1. The fourth-order valence-corrected chi connectivity index (χ4v) is 1.53. The summed E-state index contributed by atoms with van der Waals surface area (Å²) >= 11 is 2.89. The van der Waals surface area contributed by atoms with E-state index in [0.717, 1.165) is 6.07 Å². The molecule has 4 nitrogen and oxygen atoms in total. The van der Waals surface area contributed by atoms with Gasteiger partial charge >= 0.3 is 5.97 Å². The number of carboxylic acids is 1. The summed E-state index contributed by atoms with van der Waals surface area (Å²) in [6.45, 7) is 0. The number of halogens is 3. The molecule has 1 aromatic heterocycles. The average Bonchev–Trinajstić information content (AvgIpc) is 2.19. The van der Waals surface area contributed by atoms with E-state index in [1.54, 1.807) is 6.07 Å². The lowest BCUT2D eigenvalue weighted by Gasteiger charge is -2.06. The third kappa shape index (κ3) is 2.73. The standard InChI is InChI=1S/C9H5BrF2N2O2/c10-8-4(2-6(15)16)1-5(3-13)7(14-8)9(11)12/h1,9H,2H2,(H,15,16). The maximum Gasteiger partial charge on any atom is 0.307 e. The van der Waals surface area contributed by atoms with E-state index in [1.807, 2.05) is 0 Å². The van der Waals surface area contributed by atoms with Crippen molar-refractivity contribution in [3.05, 3.63) is 27.5 Å². The molecule has 84 valence electrons. The van der Waals surface area contributed by atoms with Crippen molar-refractivity contribution in [2.24, 2.45) is 0 Å². The minimum absolute atomic E-state index is 0.0178. The highest BCUT2D eigenvalue weighted by Crippen LogP contribution is 2.25. The first-order chi connectivity index (χ1) is 7.45. The molecular weight excluding hydrogens is 286 g/mol. The molecule has 0 atom stereocenters. The Bertz CT molecular complexity index is 471. The molecule has 16 heavy (non-hydrogen) atoms. The maximum absolute atomic E-state index is 12.4. The third-order valence-corrected chi connectivity index (χ3v) is 2.43. The average molecular weight is 291 g/mol. The second-order valence-corrected chi connectivity index (χ2v) is 3.61. The molecule has 0 saturated heterocycles. The van der Waals surface area contributed by atoms with Crippen LogP contribution >= 0.6 is 15.9 Å². The number of nitriles is 1. The van der Waals surface area contributed by atoms with Crippen molar-refractivity contribution in [3.8, 4) is 6.07 Å². The van der Waals surface area contributed by atoms with Crippen molar-refractivity contribution < 1.29 is 18.7 Å². The summed E-state index contributed by atoms with van der Waals surface area (Å²) in [4.78, 5) is 13.9. The zero-order valence-corrected chi connectivity index (χ0v) is 9.33. The van der Waals surface area contributed by atoms with Crippen LogP contribution in [0.2, 0.25) is 0 Å². The van der Waals surface area contributed by atoms with E-state index < -0.39 is 18.1 Å². The van der Waals surface area contributed by atoms with Crippen LogP contribution in [0.4, 0.5) is 8.78 Å². The monoisotopic (exact) mass is 290 g/mol. The summed E-state index contributed by atoms with van der Waals surface area (Å²) in [6.07, 6.45) is -3.25. The molecule has 0 saturated carbocycles. The molecule has 0 radical (unpaired) electrons. The lowest BCUT2D eigenvalue weighted by molar-refractivity contribution is -0.136. The Labute approximate surface area is 97.7 Å². The van der Waals surface area contributed by atoms with Crippen LogP contribution in [0.15, 0.2) is 10.7 Å². The molecule has 0 aliphatic carbocycles. The molecule has 0 fully saturated rings. The van der Waals surface area contributed by atoms with Crippen LogP contribution in [0.5, 0.6) is 0 Å². The van der Waals surface area contributed by atoms with E-state index >= 15 is 0 Å². The lowest BCUT2D eigenvalue weighted by Crippen LogP contribution is -2.05. The van der Waals surface area contributed by atoms with E-state index in [9.17, 15) is 13.6 Å². The van der Waals surface area contributed by atoms with Crippen molar-refractivity contribution in [1.82, 2.24) is 4.98 Å². The van der Waals surface area contributed by atoms with Crippen LogP contribution in [0.1, 0.15) is 23.2 Å². The molecule has 7 heteroatoms. The summed E-state index contributed by atoms with van der Waals surface area (Å²) in [5, 5.41) is 17.2. The second kappa shape index (κ2) is 4.99. The molecular formula is C9H5BrF2N2O2. The highest BCUT2D eigenvalue weighted by Gasteiger charge is 2.18. The quantitative estimate of drug-likeness (QED) is 0.867. The van der Waals surface area contributed by atoms with Gasteiger partial charge in [-0.3, -0.25) is 4.79 Å². The number of rotatable bonds is 3. The molecule has 0 spiro atoms. The molecule has 0 aliphatic rings. The van der Waals surface area contributed by atoms with Crippen LogP contribution in [0.25, 0.3) is 0 Å². The number of hydrogen-bond acceptors (Lipinski definition) is 3. The van der Waals surface area contributed by atoms with E-state index in [0.29, 0.717) is 0 Å². The second-order valence-electron chi connectivity index (χ2n) is 2.85. The number of hydrogen-bond donors (Lipinski definition) is 1. The van der Waals surface area contributed by atoms with Gasteiger partial charge in [0.1, 0.15) is 16.4 Å². The van der Waals surface area contributed by atoms with Gasteiger partial charge < -0.3 is 5.11 Å². The van der Waals surface area contributed by atoms with Crippen LogP contribution < -0.4 is 0 Å². The molecule has 0 bridgehead atoms. The highest BCUT2D eigenvalue weighted by atomic mass is 79.9. The Kier molecular flexibility index (Phi) is 3.90. The predicted molar refractivity (Wildman–Crippen MR) is 52.9 cm³/mol. The highest BCUT2D eigenvalue weighted by molar-refractivity contribution is 9.10. The Hall–Kier alpha value is -1.55. The summed E-state index contributed by atoms with van der Waals surface area (Å²) in [5.41, 5.74) is -0.772. The van der Waals surface area contributed by atoms with Gasteiger partial charge in [-0.15, -0.1) is 0 Å². The first-order valence-corrected chi connectivity index (χ1v) is 4.84. The Morgan fingerprint density at radius 1 is 1.69 bits per heavy atom. The van der Waals surface area contributed by atoms with Gasteiger partial charge in [0.05, 0.1) is 12.0 Å². The SMILES string of the molecule is N#Cc1cc(CC(=O)O)c(Br)nc1C(F)F. The van der Waals surface area contributed by atoms with Gasteiger partial charge in [0.15, 0.2) is 0 Å². The van der Waals surface area contributed by atoms with Crippen molar-refractivity contribution in [3.63, 3.8) is 0 Å². The predicted octanol–water partition coefficient (Wildman–Crippen LogP) is 2.28. The van der Waals surface area contributed by atoms with Crippen LogP contribution in [-0.2, 0) is 11.2 Å². The van der Waals surface area contributed by atoms with Gasteiger partial charge in [-0.25, -0.2) is 13.8 Å². The van der Waals surface area contributed by atoms with Crippen molar-refractivity contribution >= 4 is 21.9 Å². The lowest BCUT2D eigenvalue weighted by atomic mass is 10.1. The largest absolute Gasteiger partial charge is 0.481 e. The van der Waals surface area contributed by atoms with Gasteiger partial charge in [0.2, 0.25) is 0 Å². The molecule has 1 rings (SSSR count). The van der Waals surface area contributed by atoms with Gasteiger partial charge in [-0.05, 0) is 27.6 Å². The number of pyridine rings is 1. The minimum Gasteiger partial charge on any atom is -0.481 e. The minimum atomic E-state index is -2.87. The van der Waals surface area contributed by atoms with E-state index in [1.165, 1.54) is 0 Å². The summed E-state index contributed by atoms with van der Waals surface area (Å²) in [5.74, 6) is -1.13. The van der Waals surface area contributed by atoms with E-state index in [2.05, 4.69) is 20.9 Å². The topological polar surface area (TPSA) is 74.0 Å². The van der Waals surface area contributed by atoms with Gasteiger partial charge in [0.25, 0.3) is 6.43 Å². The van der Waals surface area contributed by atoms with Crippen molar-refractivity contribution in [2.45, 2.75) is 12.8 Å². The Morgan fingerprint density at radius 3 is 2.75 bits per heavy atom. The van der Waals surface area contributed by atoms with Crippen LogP contribution in [-0.4, -0.2) is 16.1 Å². The fourth-order valence-electron chi connectivity index (χ4n) is 1.09. The number of alkyl halides is 2. The first kappa shape index (κ1) is 12.5. The van der Waals surface area contributed by atoms with Crippen molar-refractivity contribution in [2.75, 3.05) is 0 Å². The molecule has 1 N–H and O–H groups in total. The summed E-state index contributed by atoms with van der Waals surface area (Å²) in [7, 11) is 0. The van der Waals surface area contributed by atoms with Gasteiger partial charge in [-0.1, -0.05) is 0 Å². The molecule has 0 unspecified atom stereocenters. The third-order valence-electron chi connectivity index (χ3n) is 1.75. The first-order valence-electron chi connectivity index (χ1n) is 4.05. The number of aromatic nitrogens is 1. The zero-order chi connectivity index (χ0) is 12.3. The van der Waals surface area contributed by atoms with E-state index in [-0.39, 0.29) is 22.2 Å². The summed E-state index contributed by atoms with van der Waals surface area (Å²) < 4.78 is 24.9. The Balaban J connectivity index is 3.27. The van der Waals surface area contributed by atoms with E-state index in [4.69, 9.17) is 10.4 Å². The maximum atomic E-state index is 12.4. The van der Waals surface area contributed by atoms with Crippen molar-refractivity contribution in [1.29, 1.82) is 5.26 Å². The van der Waals surface area contributed by atoms with Crippen LogP contribution in [0.3, 0.4) is 0 Å². The summed E-state index contributed by atoms with van der Waals surface area (Å²) in [6, 6.07) is 2.67. The fraction of sp³-hybridized carbons (Fsp3) is 0.222. The zero-order valence-electron chi connectivity index (χ0n) is 7.75. The molecule has 0 aliphatic heterocycles. The van der Waals surface area contributed by atoms with Crippen LogP contribution in [0, 0.1) is 11.3 Å². The molecule has 0 amide bonds. The molecule has 0 aromatic carbocycles. The number of carbonyl (C=O) groups is 1. The normalized spacial score (nSPS) is 10.2. The van der Waals surface area contributed by atoms with Gasteiger partial charge in [-0.2, -0.15) is 5.26 Å². The Morgan fingerprint density at radius 2 is 2.31 bits per heavy atom. The van der Waals surface area contributed by atoms with Gasteiger partial charge in [0, 0.05) is 0 Å². The number of nitrogens with zero attached hydrogens (tertiary/aromatic N) is 2. The molecule has 1 heterocycles. The molecule has 1 aromatic rings. The number of aliphatic carboxylic acids is 1. The smallest absolute Gasteiger partial charge is 0.307 e.